The maximum atomic E-state index is 13.1. The zero-order valence-electron chi connectivity index (χ0n) is 14.6. The quantitative estimate of drug-likeness (QED) is 0.861. The van der Waals surface area contributed by atoms with Crippen molar-refractivity contribution < 1.29 is 13.9 Å². The number of halogens is 1. The monoisotopic (exact) mass is 343 g/mol. The standard InChI is InChI=1S/C19H22FN3O2/c1-19(2)16(14-9-11-25-17(14)19)22(3)18(24)15-8-10-23(21-15)13-6-4-12(20)5-7-13/h4-8,10,14,16-17H,9,11H2,1-3H3. The van der Waals surface area contributed by atoms with E-state index in [4.69, 9.17) is 4.74 Å². The molecule has 25 heavy (non-hydrogen) atoms. The second kappa shape index (κ2) is 5.66. The molecule has 0 radical (unpaired) electrons. The van der Waals surface area contributed by atoms with E-state index in [1.54, 1.807) is 29.1 Å². The van der Waals surface area contributed by atoms with E-state index in [1.807, 2.05) is 11.9 Å². The summed E-state index contributed by atoms with van der Waals surface area (Å²) in [5.41, 5.74) is 1.06. The molecule has 2 aliphatic rings. The van der Waals surface area contributed by atoms with Gasteiger partial charge in [-0.2, -0.15) is 5.10 Å². The Bertz CT molecular complexity index is 799. The van der Waals surface area contributed by atoms with Crippen molar-refractivity contribution in [3.63, 3.8) is 0 Å². The topological polar surface area (TPSA) is 47.4 Å². The van der Waals surface area contributed by atoms with Crippen LogP contribution in [0.15, 0.2) is 36.5 Å². The molecule has 2 fully saturated rings. The number of hydrogen-bond donors (Lipinski definition) is 0. The first kappa shape index (κ1) is 16.3. The first-order valence-corrected chi connectivity index (χ1v) is 8.60. The second-order valence-corrected chi connectivity index (χ2v) is 7.55. The van der Waals surface area contributed by atoms with Crippen molar-refractivity contribution in [3.8, 4) is 5.69 Å². The maximum Gasteiger partial charge on any atom is 0.274 e. The summed E-state index contributed by atoms with van der Waals surface area (Å²) < 4.78 is 20.5. The smallest absolute Gasteiger partial charge is 0.274 e. The van der Waals surface area contributed by atoms with Crippen molar-refractivity contribution in [1.82, 2.24) is 14.7 Å². The van der Waals surface area contributed by atoms with Gasteiger partial charge in [-0.05, 0) is 36.8 Å². The molecule has 6 heteroatoms. The normalized spacial score (nSPS) is 26.8. The highest BCUT2D eigenvalue weighted by molar-refractivity contribution is 5.92. The fourth-order valence-electron chi connectivity index (χ4n) is 4.57. The van der Waals surface area contributed by atoms with Crippen LogP contribution in [0.25, 0.3) is 5.69 Å². The Balaban J connectivity index is 1.54. The summed E-state index contributed by atoms with van der Waals surface area (Å²) in [6.45, 7) is 5.09. The van der Waals surface area contributed by atoms with Crippen LogP contribution in [0.1, 0.15) is 30.8 Å². The van der Waals surface area contributed by atoms with Crippen molar-refractivity contribution in [2.75, 3.05) is 13.7 Å². The maximum absolute atomic E-state index is 13.1. The van der Waals surface area contributed by atoms with Crippen LogP contribution in [0.2, 0.25) is 0 Å². The minimum atomic E-state index is -0.299. The van der Waals surface area contributed by atoms with Crippen LogP contribution in [-0.2, 0) is 4.74 Å². The van der Waals surface area contributed by atoms with Gasteiger partial charge in [0.15, 0.2) is 5.69 Å². The number of carbonyl (C=O) groups is 1. The van der Waals surface area contributed by atoms with Gasteiger partial charge < -0.3 is 9.64 Å². The third-order valence-corrected chi connectivity index (χ3v) is 5.68. The number of fused-ring (bicyclic) bond motifs is 1. The molecule has 1 aromatic carbocycles. The minimum Gasteiger partial charge on any atom is -0.377 e. The minimum absolute atomic E-state index is 0.0505. The van der Waals surface area contributed by atoms with E-state index in [0.717, 1.165) is 18.7 Å². The van der Waals surface area contributed by atoms with Crippen LogP contribution in [0, 0.1) is 17.2 Å². The predicted molar refractivity (Wildman–Crippen MR) is 91.0 cm³/mol. The summed E-state index contributed by atoms with van der Waals surface area (Å²) in [4.78, 5) is 14.7. The van der Waals surface area contributed by atoms with Gasteiger partial charge in [0.05, 0.1) is 11.8 Å². The number of benzene rings is 1. The molecule has 2 heterocycles. The molecule has 0 N–H and O–H groups in total. The molecule has 0 bridgehead atoms. The highest BCUT2D eigenvalue weighted by atomic mass is 19.1. The Morgan fingerprint density at radius 1 is 1.32 bits per heavy atom. The lowest BCUT2D eigenvalue weighted by atomic mass is 9.57. The van der Waals surface area contributed by atoms with E-state index >= 15 is 0 Å². The fourth-order valence-corrected chi connectivity index (χ4v) is 4.57. The molecular weight excluding hydrogens is 321 g/mol. The van der Waals surface area contributed by atoms with E-state index in [0.29, 0.717) is 11.6 Å². The number of amides is 1. The van der Waals surface area contributed by atoms with Gasteiger partial charge in [-0.1, -0.05) is 13.8 Å². The van der Waals surface area contributed by atoms with Gasteiger partial charge in [-0.15, -0.1) is 0 Å². The average molecular weight is 343 g/mol. The molecule has 1 saturated heterocycles. The van der Waals surface area contributed by atoms with Crippen molar-refractivity contribution >= 4 is 5.91 Å². The Kier molecular flexibility index (Phi) is 3.68. The molecule has 3 unspecified atom stereocenters. The average Bonchev–Trinajstić information content (AvgIpc) is 3.23. The molecule has 2 aromatic rings. The Labute approximate surface area is 146 Å². The van der Waals surface area contributed by atoms with Gasteiger partial charge >= 0.3 is 0 Å². The van der Waals surface area contributed by atoms with E-state index in [9.17, 15) is 9.18 Å². The summed E-state index contributed by atoms with van der Waals surface area (Å²) in [7, 11) is 1.85. The van der Waals surface area contributed by atoms with Gasteiger partial charge in [-0.25, -0.2) is 9.07 Å². The van der Waals surface area contributed by atoms with Gasteiger partial charge in [-0.3, -0.25) is 4.79 Å². The predicted octanol–water partition coefficient (Wildman–Crippen LogP) is 2.90. The molecule has 4 rings (SSSR count). The summed E-state index contributed by atoms with van der Waals surface area (Å²) in [5.74, 6) is 0.0138. The lowest BCUT2D eigenvalue weighted by Gasteiger charge is -2.57. The number of rotatable bonds is 3. The second-order valence-electron chi connectivity index (χ2n) is 7.55. The van der Waals surface area contributed by atoms with Gasteiger partial charge in [0.25, 0.3) is 5.91 Å². The lowest BCUT2D eigenvalue weighted by molar-refractivity contribution is -0.139. The third kappa shape index (κ3) is 2.47. The Morgan fingerprint density at radius 2 is 2.04 bits per heavy atom. The summed E-state index contributed by atoms with van der Waals surface area (Å²) in [5, 5.41) is 4.38. The van der Waals surface area contributed by atoms with Gasteiger partial charge in [0.1, 0.15) is 5.82 Å². The molecular formula is C19H22FN3O2. The van der Waals surface area contributed by atoms with Crippen LogP contribution < -0.4 is 0 Å². The molecule has 3 atom stereocenters. The van der Waals surface area contributed by atoms with Gasteiger partial charge in [0.2, 0.25) is 0 Å². The molecule has 1 aliphatic carbocycles. The zero-order chi connectivity index (χ0) is 17.8. The molecule has 132 valence electrons. The molecule has 1 saturated carbocycles. The largest absolute Gasteiger partial charge is 0.377 e. The van der Waals surface area contributed by atoms with E-state index in [1.165, 1.54) is 12.1 Å². The van der Waals surface area contributed by atoms with Crippen LogP contribution in [-0.4, -0.2) is 46.4 Å². The van der Waals surface area contributed by atoms with Crippen molar-refractivity contribution in [2.45, 2.75) is 32.4 Å². The first-order valence-electron chi connectivity index (χ1n) is 8.60. The van der Waals surface area contributed by atoms with E-state index < -0.39 is 0 Å². The summed E-state index contributed by atoms with van der Waals surface area (Å²) in [6, 6.07) is 7.88. The number of hydrogen-bond acceptors (Lipinski definition) is 3. The van der Waals surface area contributed by atoms with Crippen LogP contribution in [0.3, 0.4) is 0 Å². The molecule has 0 spiro atoms. The molecule has 1 aliphatic heterocycles. The lowest BCUT2D eigenvalue weighted by Crippen LogP contribution is -2.66. The number of aromatic nitrogens is 2. The molecule has 1 aromatic heterocycles. The SMILES string of the molecule is CN(C(=O)c1ccn(-c2ccc(F)cc2)n1)C1C2CCOC2C1(C)C. The molecule has 5 nitrogen and oxygen atoms in total. The highest BCUT2D eigenvalue weighted by Crippen LogP contribution is 2.54. The fraction of sp³-hybridized carbons (Fsp3) is 0.474. The zero-order valence-corrected chi connectivity index (χ0v) is 14.6. The number of nitrogens with zero attached hydrogens (tertiary/aromatic N) is 3. The first-order chi connectivity index (χ1) is 11.9. The number of ether oxygens (including phenoxy) is 1. The van der Waals surface area contributed by atoms with E-state index in [2.05, 4.69) is 18.9 Å². The van der Waals surface area contributed by atoms with E-state index in [-0.39, 0.29) is 29.3 Å². The Hall–Kier alpha value is -2.21. The van der Waals surface area contributed by atoms with Crippen molar-refractivity contribution in [2.24, 2.45) is 11.3 Å². The van der Waals surface area contributed by atoms with Crippen LogP contribution in [0.5, 0.6) is 0 Å². The van der Waals surface area contributed by atoms with Crippen LogP contribution >= 0.6 is 0 Å². The number of carbonyl (C=O) groups excluding carboxylic acids is 1. The van der Waals surface area contributed by atoms with Crippen molar-refractivity contribution in [1.29, 1.82) is 0 Å². The summed E-state index contributed by atoms with van der Waals surface area (Å²) in [6.07, 6.45) is 2.96. The highest BCUT2D eigenvalue weighted by Gasteiger charge is 2.61. The van der Waals surface area contributed by atoms with Gasteiger partial charge in [0, 0.05) is 37.2 Å². The van der Waals surface area contributed by atoms with Crippen molar-refractivity contribution in [3.05, 3.63) is 48.0 Å². The molecule has 1 amide bonds. The summed E-state index contributed by atoms with van der Waals surface area (Å²) >= 11 is 0. The van der Waals surface area contributed by atoms with Crippen LogP contribution in [0.4, 0.5) is 4.39 Å². The Morgan fingerprint density at radius 3 is 2.76 bits per heavy atom. The third-order valence-electron chi connectivity index (χ3n) is 5.68.